The molecule has 1 aliphatic rings. The highest BCUT2D eigenvalue weighted by Crippen LogP contribution is 2.62. The lowest BCUT2D eigenvalue weighted by Crippen LogP contribution is -2.29. The van der Waals surface area contributed by atoms with Crippen molar-refractivity contribution in [3.63, 3.8) is 0 Å². The lowest BCUT2D eigenvalue weighted by molar-refractivity contribution is 0.775. The molecule has 0 saturated carbocycles. The third-order valence-electron chi connectivity index (χ3n) is 13.9. The van der Waals surface area contributed by atoms with E-state index in [2.05, 4.69) is 266 Å². The van der Waals surface area contributed by atoms with Crippen LogP contribution in [0, 0.1) is 0 Å². The first-order valence-corrected chi connectivity index (χ1v) is 23.9. The van der Waals surface area contributed by atoms with Crippen molar-refractivity contribution in [2.24, 2.45) is 0 Å². The lowest BCUT2D eigenvalue weighted by atomic mass is 9.66. The van der Waals surface area contributed by atoms with Gasteiger partial charge in [-0.25, -0.2) is 0 Å². The fourth-order valence-corrected chi connectivity index (χ4v) is 12.2. The summed E-state index contributed by atoms with van der Waals surface area (Å²) in [5, 5.41) is 5.07. The summed E-state index contributed by atoms with van der Waals surface area (Å²) in [5.74, 6) is 0. The minimum absolute atomic E-state index is 0.636. The van der Waals surface area contributed by atoms with E-state index in [1.807, 2.05) is 11.3 Å². The van der Waals surface area contributed by atoms with Gasteiger partial charge in [0.2, 0.25) is 0 Å². The number of rotatable bonds is 8. The van der Waals surface area contributed by atoms with Crippen LogP contribution in [0.5, 0.6) is 0 Å². The lowest BCUT2D eigenvalue weighted by Gasteiger charge is -2.35. The SMILES string of the molecule is c1ccc(-c2ccc(N(c3ccc(-c4cccc5c4sc4ccccc45)cc3)c3cc4ccccc4c4c3-c3ccc(-c5ccccc5)cc3C4(c3ccccc3)c3ccccc3)cc2)cc1. The average molecular weight is 870 g/mol. The summed E-state index contributed by atoms with van der Waals surface area (Å²) in [6.07, 6.45) is 0. The van der Waals surface area contributed by atoms with E-state index in [1.165, 1.54) is 97.7 Å². The minimum atomic E-state index is -0.636. The summed E-state index contributed by atoms with van der Waals surface area (Å²) < 4.78 is 2.64. The Balaban J connectivity index is 1.10. The third-order valence-corrected chi connectivity index (χ3v) is 15.2. The first kappa shape index (κ1) is 39.1. The highest BCUT2D eigenvalue weighted by molar-refractivity contribution is 7.26. The maximum absolute atomic E-state index is 2.50. The van der Waals surface area contributed by atoms with Gasteiger partial charge in [-0.05, 0) is 114 Å². The Labute approximate surface area is 395 Å². The highest BCUT2D eigenvalue weighted by Gasteiger charge is 2.49. The smallest absolute Gasteiger partial charge is 0.0720 e. The zero-order valence-corrected chi connectivity index (χ0v) is 37.5. The van der Waals surface area contributed by atoms with Crippen molar-refractivity contribution in [1.29, 1.82) is 0 Å². The van der Waals surface area contributed by atoms with Gasteiger partial charge in [0.15, 0.2) is 0 Å². The summed E-state index contributed by atoms with van der Waals surface area (Å²) in [4.78, 5) is 2.50. The maximum Gasteiger partial charge on any atom is 0.0720 e. The summed E-state index contributed by atoms with van der Waals surface area (Å²) in [6.45, 7) is 0. The predicted octanol–water partition coefficient (Wildman–Crippen LogP) is 18.0. The van der Waals surface area contributed by atoms with E-state index in [0.29, 0.717) is 0 Å². The first-order valence-electron chi connectivity index (χ1n) is 23.1. The van der Waals surface area contributed by atoms with Gasteiger partial charge in [0.25, 0.3) is 0 Å². The molecular formula is C65H43NS. The van der Waals surface area contributed by atoms with Crippen LogP contribution in [0.1, 0.15) is 22.3 Å². The van der Waals surface area contributed by atoms with Crippen LogP contribution in [0.2, 0.25) is 0 Å². The third kappa shape index (κ3) is 6.29. The number of fused-ring (bicyclic) bond motifs is 8. The zero-order valence-electron chi connectivity index (χ0n) is 36.7. The van der Waals surface area contributed by atoms with Crippen LogP contribution in [-0.4, -0.2) is 0 Å². The van der Waals surface area contributed by atoms with Crippen molar-refractivity contribution < 1.29 is 0 Å². The molecule has 0 atom stereocenters. The second-order valence-corrected chi connectivity index (χ2v) is 18.6. The predicted molar refractivity (Wildman–Crippen MR) is 285 cm³/mol. The normalized spacial score (nSPS) is 12.6. The molecule has 0 fully saturated rings. The molecule has 1 heterocycles. The van der Waals surface area contributed by atoms with E-state index < -0.39 is 5.41 Å². The van der Waals surface area contributed by atoms with Crippen molar-refractivity contribution in [2.45, 2.75) is 5.41 Å². The molecule has 0 N–H and O–H groups in total. The second-order valence-electron chi connectivity index (χ2n) is 17.6. The number of nitrogens with zero attached hydrogens (tertiary/aromatic N) is 1. The van der Waals surface area contributed by atoms with E-state index in [0.717, 1.165) is 17.1 Å². The topological polar surface area (TPSA) is 3.24 Å². The molecule has 1 aromatic heterocycles. The monoisotopic (exact) mass is 869 g/mol. The zero-order chi connectivity index (χ0) is 44.3. The molecule has 1 aliphatic carbocycles. The Morgan fingerprint density at radius 3 is 1.51 bits per heavy atom. The quantitative estimate of drug-likeness (QED) is 0.147. The van der Waals surface area contributed by atoms with Crippen LogP contribution in [-0.2, 0) is 5.41 Å². The molecule has 11 aromatic carbocycles. The van der Waals surface area contributed by atoms with Crippen LogP contribution < -0.4 is 4.90 Å². The summed E-state index contributed by atoms with van der Waals surface area (Å²) >= 11 is 1.88. The van der Waals surface area contributed by atoms with Gasteiger partial charge in [-0.2, -0.15) is 0 Å². The van der Waals surface area contributed by atoms with Gasteiger partial charge in [0.05, 0.1) is 11.1 Å². The Kier molecular flexibility index (Phi) is 9.33. The van der Waals surface area contributed by atoms with Gasteiger partial charge in [0.1, 0.15) is 0 Å². The van der Waals surface area contributed by atoms with Crippen LogP contribution in [0.15, 0.2) is 261 Å². The molecule has 2 heteroatoms. The fraction of sp³-hybridized carbons (Fsp3) is 0.0154. The van der Waals surface area contributed by atoms with Gasteiger partial charge in [-0.1, -0.05) is 218 Å². The Hall–Kier alpha value is -8.30. The van der Waals surface area contributed by atoms with Crippen molar-refractivity contribution in [2.75, 3.05) is 4.90 Å². The average Bonchev–Trinajstić information content (AvgIpc) is 3.95. The molecule has 67 heavy (non-hydrogen) atoms. The van der Waals surface area contributed by atoms with Gasteiger partial charge in [-0.15, -0.1) is 11.3 Å². The summed E-state index contributed by atoms with van der Waals surface area (Å²) in [7, 11) is 0. The molecule has 0 unspecified atom stereocenters. The molecule has 0 amide bonds. The molecule has 314 valence electrons. The molecule has 0 radical (unpaired) electrons. The van der Waals surface area contributed by atoms with E-state index >= 15 is 0 Å². The maximum atomic E-state index is 2.50. The minimum Gasteiger partial charge on any atom is -0.310 e. The van der Waals surface area contributed by atoms with Crippen LogP contribution in [0.4, 0.5) is 17.1 Å². The molecule has 0 spiro atoms. The van der Waals surface area contributed by atoms with E-state index in [-0.39, 0.29) is 0 Å². The molecule has 13 rings (SSSR count). The van der Waals surface area contributed by atoms with Crippen molar-refractivity contribution >= 4 is 59.3 Å². The van der Waals surface area contributed by atoms with Crippen LogP contribution in [0.3, 0.4) is 0 Å². The molecule has 0 saturated heterocycles. The fourth-order valence-electron chi connectivity index (χ4n) is 11.0. The van der Waals surface area contributed by atoms with Crippen molar-refractivity contribution in [1.82, 2.24) is 0 Å². The number of benzene rings is 11. The standard InChI is InChI=1S/C65H43NS/c1-5-18-44(19-6-1)46-32-37-52(38-33-46)66(53-39-34-47(35-40-53)55-29-17-30-57-56-28-15-16-31-61(56)67-64(55)57)60-43-49-22-13-14-27-54(49)63-62(60)58-41-36-48(45-20-7-2-8-21-45)42-59(58)65(63,50-23-9-3-10-24-50)51-25-11-4-12-26-51/h1-43H. The number of anilines is 3. The largest absolute Gasteiger partial charge is 0.310 e. The molecule has 12 aromatic rings. The molecule has 1 nitrogen and oxygen atoms in total. The van der Waals surface area contributed by atoms with E-state index in [1.54, 1.807) is 0 Å². The summed E-state index contributed by atoms with van der Waals surface area (Å²) in [6, 6.07) is 96.5. The van der Waals surface area contributed by atoms with Crippen LogP contribution >= 0.6 is 11.3 Å². The summed E-state index contributed by atoms with van der Waals surface area (Å²) in [5.41, 5.74) is 17.5. The van der Waals surface area contributed by atoms with Crippen LogP contribution in [0.25, 0.3) is 75.5 Å². The molecule has 0 aliphatic heterocycles. The number of thiophene rings is 1. The van der Waals surface area contributed by atoms with Crippen molar-refractivity contribution in [3.8, 4) is 44.5 Å². The second kappa shape index (κ2) is 16.0. The number of hydrogen-bond acceptors (Lipinski definition) is 2. The Bertz CT molecular complexity index is 3720. The van der Waals surface area contributed by atoms with Crippen molar-refractivity contribution in [3.05, 3.63) is 283 Å². The number of hydrogen-bond donors (Lipinski definition) is 0. The van der Waals surface area contributed by atoms with Gasteiger partial charge >= 0.3 is 0 Å². The highest BCUT2D eigenvalue weighted by atomic mass is 32.1. The van der Waals surface area contributed by atoms with Gasteiger partial charge in [0, 0.05) is 37.1 Å². The van der Waals surface area contributed by atoms with E-state index in [9.17, 15) is 0 Å². The first-order chi connectivity index (χ1) is 33.2. The molecule has 0 bridgehead atoms. The Morgan fingerprint density at radius 1 is 0.343 bits per heavy atom. The van der Waals surface area contributed by atoms with E-state index in [4.69, 9.17) is 0 Å². The van der Waals surface area contributed by atoms with Gasteiger partial charge < -0.3 is 4.90 Å². The van der Waals surface area contributed by atoms with Gasteiger partial charge in [-0.3, -0.25) is 0 Å². The molecular weight excluding hydrogens is 827 g/mol. The Morgan fingerprint density at radius 2 is 0.851 bits per heavy atom.